The third-order valence-corrected chi connectivity index (χ3v) is 7.14. The van der Waals surface area contributed by atoms with Crippen LogP contribution in [0.1, 0.15) is 27.0 Å². The van der Waals surface area contributed by atoms with Crippen LogP contribution in [0.5, 0.6) is 0 Å². The molecule has 0 fully saturated rings. The number of halogens is 2. The summed E-state index contributed by atoms with van der Waals surface area (Å²) < 4.78 is 55.6. The molecule has 0 unspecified atom stereocenters. The summed E-state index contributed by atoms with van der Waals surface area (Å²) in [5.74, 6) is -1.74. The van der Waals surface area contributed by atoms with Gasteiger partial charge in [-0.3, -0.25) is 0 Å². The number of para-hydroxylation sites is 1. The smallest absolute Gasteiger partial charge is 0.335 e. The molecule has 3 aromatic carbocycles. The fourth-order valence-corrected chi connectivity index (χ4v) is 5.10. The molecule has 34 heavy (non-hydrogen) atoms. The summed E-state index contributed by atoms with van der Waals surface area (Å²) >= 11 is 0. The number of aromatic nitrogens is 1. The number of pyridine rings is 1. The zero-order chi connectivity index (χ0) is 24.5. The number of hydrogen-bond donors (Lipinski definition) is 1. The van der Waals surface area contributed by atoms with E-state index in [1.54, 1.807) is 19.1 Å². The topological polar surface area (TPSA) is 87.6 Å². The monoisotopic (exact) mass is 482 g/mol. The Hall–Kier alpha value is -3.85. The number of sulfonamides is 1. The minimum atomic E-state index is -4.23. The standard InChI is InChI=1S/C25H20F2N2O4S/c1-16-12-19-4-2-3-5-23(19)28-24(16)29(15-17-6-11-22(27)20(13-17)14-26)34(32,33)21-9-7-18(8-10-21)25(30)31/h2-13H,14-15H2,1H3,(H,30,31). The van der Waals surface area contributed by atoms with E-state index in [0.717, 1.165) is 15.8 Å². The normalized spacial score (nSPS) is 11.5. The van der Waals surface area contributed by atoms with Crippen LogP contribution >= 0.6 is 0 Å². The van der Waals surface area contributed by atoms with E-state index in [0.29, 0.717) is 16.6 Å². The molecule has 0 bridgehead atoms. The first kappa shape index (κ1) is 23.3. The Morgan fingerprint density at radius 3 is 2.41 bits per heavy atom. The van der Waals surface area contributed by atoms with Gasteiger partial charge in [0.1, 0.15) is 18.3 Å². The van der Waals surface area contributed by atoms with E-state index in [9.17, 15) is 22.0 Å². The van der Waals surface area contributed by atoms with Gasteiger partial charge in [0.15, 0.2) is 0 Å². The van der Waals surface area contributed by atoms with Gasteiger partial charge < -0.3 is 5.11 Å². The van der Waals surface area contributed by atoms with E-state index in [4.69, 9.17) is 5.11 Å². The van der Waals surface area contributed by atoms with Gasteiger partial charge in [0.25, 0.3) is 10.0 Å². The molecule has 0 aliphatic carbocycles. The van der Waals surface area contributed by atoms with Gasteiger partial charge in [-0.1, -0.05) is 24.3 Å². The fourth-order valence-electron chi connectivity index (χ4n) is 3.63. The number of fused-ring (bicyclic) bond motifs is 1. The van der Waals surface area contributed by atoms with Crippen molar-refractivity contribution >= 4 is 32.7 Å². The average molecular weight is 483 g/mol. The molecule has 4 aromatic rings. The van der Waals surface area contributed by atoms with Gasteiger partial charge in [-0.25, -0.2) is 31.3 Å². The fraction of sp³-hybridized carbons (Fsp3) is 0.120. The lowest BCUT2D eigenvalue weighted by atomic mass is 10.1. The molecule has 0 aliphatic rings. The molecule has 6 nitrogen and oxygen atoms in total. The zero-order valence-corrected chi connectivity index (χ0v) is 18.9. The lowest BCUT2D eigenvalue weighted by Gasteiger charge is -2.26. The molecule has 1 aromatic heterocycles. The van der Waals surface area contributed by atoms with Crippen molar-refractivity contribution in [2.24, 2.45) is 0 Å². The van der Waals surface area contributed by atoms with E-state index in [1.807, 2.05) is 18.2 Å². The molecular formula is C25H20F2N2O4S. The second-order valence-electron chi connectivity index (χ2n) is 7.72. The Balaban J connectivity index is 1.87. The SMILES string of the molecule is Cc1cc2ccccc2nc1N(Cc1ccc(F)c(CF)c1)S(=O)(=O)c1ccc(C(=O)O)cc1. The van der Waals surface area contributed by atoms with Gasteiger partial charge in [-0.2, -0.15) is 0 Å². The van der Waals surface area contributed by atoms with Crippen molar-refractivity contribution < 1.29 is 27.1 Å². The van der Waals surface area contributed by atoms with Crippen LogP contribution in [0.3, 0.4) is 0 Å². The molecule has 0 saturated heterocycles. The van der Waals surface area contributed by atoms with Crippen molar-refractivity contribution in [2.75, 3.05) is 4.31 Å². The van der Waals surface area contributed by atoms with Crippen molar-refractivity contribution in [3.05, 3.63) is 101 Å². The molecule has 1 heterocycles. The maximum Gasteiger partial charge on any atom is 0.335 e. The van der Waals surface area contributed by atoms with E-state index in [2.05, 4.69) is 4.98 Å². The first-order chi connectivity index (χ1) is 16.2. The number of carboxylic acids is 1. The highest BCUT2D eigenvalue weighted by Crippen LogP contribution is 2.30. The number of benzene rings is 3. The molecule has 1 N–H and O–H groups in total. The average Bonchev–Trinajstić information content (AvgIpc) is 2.83. The van der Waals surface area contributed by atoms with Gasteiger partial charge in [0.05, 0.1) is 22.5 Å². The molecule has 0 spiro atoms. The molecule has 0 atom stereocenters. The number of carboxylic acid groups (broad SMARTS) is 1. The highest BCUT2D eigenvalue weighted by molar-refractivity contribution is 7.92. The van der Waals surface area contributed by atoms with Gasteiger partial charge in [-0.15, -0.1) is 0 Å². The zero-order valence-electron chi connectivity index (χ0n) is 18.1. The van der Waals surface area contributed by atoms with Gasteiger partial charge in [0, 0.05) is 10.9 Å². The van der Waals surface area contributed by atoms with E-state index in [1.165, 1.54) is 36.4 Å². The number of carbonyl (C=O) groups is 1. The van der Waals surface area contributed by atoms with Crippen LogP contribution < -0.4 is 4.31 Å². The quantitative estimate of drug-likeness (QED) is 0.389. The van der Waals surface area contributed by atoms with Crippen molar-refractivity contribution in [3.63, 3.8) is 0 Å². The summed E-state index contributed by atoms with van der Waals surface area (Å²) in [5.41, 5.74) is 1.29. The molecule has 0 amide bonds. The molecule has 9 heteroatoms. The summed E-state index contributed by atoms with van der Waals surface area (Å²) in [6.07, 6.45) is 0. The lowest BCUT2D eigenvalue weighted by Crippen LogP contribution is -2.32. The van der Waals surface area contributed by atoms with Crippen LogP contribution in [-0.4, -0.2) is 24.5 Å². The van der Waals surface area contributed by atoms with Crippen molar-refractivity contribution in [2.45, 2.75) is 25.0 Å². The maximum absolute atomic E-state index is 13.8. The molecule has 0 radical (unpaired) electrons. The number of aryl methyl sites for hydroxylation is 1. The third kappa shape index (κ3) is 4.47. The van der Waals surface area contributed by atoms with Crippen LogP contribution in [-0.2, 0) is 23.2 Å². The molecule has 174 valence electrons. The predicted molar refractivity (Wildman–Crippen MR) is 124 cm³/mol. The van der Waals surface area contributed by atoms with Crippen LogP contribution in [0.2, 0.25) is 0 Å². The van der Waals surface area contributed by atoms with E-state index >= 15 is 0 Å². The summed E-state index contributed by atoms with van der Waals surface area (Å²) in [5, 5.41) is 9.97. The maximum atomic E-state index is 13.8. The first-order valence-corrected chi connectivity index (χ1v) is 11.7. The number of aromatic carboxylic acids is 1. The third-order valence-electron chi connectivity index (χ3n) is 5.39. The predicted octanol–water partition coefficient (Wildman–Crippen LogP) is 5.25. The minimum Gasteiger partial charge on any atom is -0.478 e. The lowest BCUT2D eigenvalue weighted by molar-refractivity contribution is 0.0696. The largest absolute Gasteiger partial charge is 0.478 e. The van der Waals surface area contributed by atoms with Gasteiger partial charge >= 0.3 is 5.97 Å². The number of rotatable bonds is 7. The van der Waals surface area contributed by atoms with Crippen LogP contribution in [0, 0.1) is 12.7 Å². The Bertz CT molecular complexity index is 1490. The van der Waals surface area contributed by atoms with Crippen LogP contribution in [0.25, 0.3) is 10.9 Å². The van der Waals surface area contributed by atoms with Gasteiger partial charge in [0.2, 0.25) is 0 Å². The van der Waals surface area contributed by atoms with E-state index < -0.39 is 28.5 Å². The summed E-state index contributed by atoms with van der Waals surface area (Å²) in [7, 11) is -4.23. The molecule has 0 aliphatic heterocycles. The Morgan fingerprint density at radius 1 is 1.03 bits per heavy atom. The highest BCUT2D eigenvalue weighted by Gasteiger charge is 2.28. The molecular weight excluding hydrogens is 462 g/mol. The Labute approximate surface area is 195 Å². The summed E-state index contributed by atoms with van der Waals surface area (Å²) in [4.78, 5) is 15.6. The van der Waals surface area contributed by atoms with Crippen LogP contribution in [0.4, 0.5) is 14.6 Å². The number of anilines is 1. The minimum absolute atomic E-state index is 0.0587. The van der Waals surface area contributed by atoms with Crippen LogP contribution in [0.15, 0.2) is 77.7 Å². The summed E-state index contributed by atoms with van der Waals surface area (Å²) in [6.45, 7) is 0.460. The molecule has 4 rings (SSSR count). The number of alkyl halides is 1. The summed E-state index contributed by atoms with van der Waals surface area (Å²) in [6, 6.07) is 17.6. The number of hydrogen-bond acceptors (Lipinski definition) is 4. The van der Waals surface area contributed by atoms with Crippen molar-refractivity contribution in [3.8, 4) is 0 Å². The second kappa shape index (κ2) is 9.18. The van der Waals surface area contributed by atoms with Crippen molar-refractivity contribution in [1.82, 2.24) is 4.98 Å². The van der Waals surface area contributed by atoms with E-state index in [-0.39, 0.29) is 28.4 Å². The van der Waals surface area contributed by atoms with Crippen molar-refractivity contribution in [1.29, 1.82) is 0 Å². The molecule has 0 saturated carbocycles. The first-order valence-electron chi connectivity index (χ1n) is 10.3. The van der Waals surface area contributed by atoms with Gasteiger partial charge in [-0.05, 0) is 66.6 Å². The highest BCUT2D eigenvalue weighted by atomic mass is 32.2. The second-order valence-corrected chi connectivity index (χ2v) is 9.58. The Kier molecular flexibility index (Phi) is 6.30. The number of nitrogens with zero attached hydrogens (tertiary/aromatic N) is 2. The Morgan fingerprint density at radius 2 is 1.74 bits per heavy atom.